The summed E-state index contributed by atoms with van der Waals surface area (Å²) in [5, 5.41) is 0. The molecule has 0 radical (unpaired) electrons. The molecule has 224 valence electrons. The van der Waals surface area contributed by atoms with Crippen molar-refractivity contribution in [3.63, 3.8) is 0 Å². The highest BCUT2D eigenvalue weighted by molar-refractivity contribution is 7.88. The Bertz CT molecular complexity index is 1220. The third-order valence-electron chi connectivity index (χ3n) is 6.75. The molecule has 1 aromatic carbocycles. The van der Waals surface area contributed by atoms with E-state index in [1.807, 2.05) is 62.4 Å². The van der Waals surface area contributed by atoms with Crippen molar-refractivity contribution < 1.29 is 27.6 Å². The van der Waals surface area contributed by atoms with Gasteiger partial charge in [-0.3, -0.25) is 20.0 Å². The van der Waals surface area contributed by atoms with Gasteiger partial charge in [0.2, 0.25) is 21.8 Å². The summed E-state index contributed by atoms with van der Waals surface area (Å²) in [7, 11) is -3.80. The summed E-state index contributed by atoms with van der Waals surface area (Å²) < 4.78 is 31.7. The van der Waals surface area contributed by atoms with E-state index in [0.29, 0.717) is 31.6 Å². The van der Waals surface area contributed by atoms with Gasteiger partial charge < -0.3 is 4.74 Å². The van der Waals surface area contributed by atoms with Crippen molar-refractivity contribution in [3.8, 4) is 0 Å². The maximum absolute atomic E-state index is 13.7. The quantitative estimate of drug-likeness (QED) is 0.303. The second-order valence-electron chi connectivity index (χ2n) is 10.7. The van der Waals surface area contributed by atoms with Gasteiger partial charge in [-0.25, -0.2) is 18.7 Å². The smallest absolute Gasteiger partial charge is 0.247 e. The molecule has 3 rings (SSSR count). The molecule has 1 aliphatic rings. The Morgan fingerprint density at radius 1 is 1.10 bits per heavy atom. The fraction of sp³-hybridized carbons (Fsp3) is 0.500. The number of amides is 2. The summed E-state index contributed by atoms with van der Waals surface area (Å²) in [6, 6.07) is 15.0. The minimum absolute atomic E-state index is 0.00287. The molecule has 2 heterocycles. The van der Waals surface area contributed by atoms with Crippen LogP contribution >= 0.6 is 0 Å². The van der Waals surface area contributed by atoms with Crippen molar-refractivity contribution in [3.05, 3.63) is 72.1 Å². The number of allylic oxidation sites excluding steroid dienone is 1. The van der Waals surface area contributed by atoms with E-state index in [0.717, 1.165) is 29.1 Å². The van der Waals surface area contributed by atoms with Crippen LogP contribution in [0.25, 0.3) is 6.08 Å². The first-order valence-electron chi connectivity index (χ1n) is 14.1. The number of nitrogens with one attached hydrogen (secondary N) is 2. The minimum atomic E-state index is -3.80. The summed E-state index contributed by atoms with van der Waals surface area (Å²) >= 11 is 0. The van der Waals surface area contributed by atoms with E-state index >= 15 is 0 Å². The maximum atomic E-state index is 13.7. The molecule has 2 amide bonds. The number of nitrogens with zero attached hydrogens (tertiary/aromatic N) is 2. The molecule has 0 saturated carbocycles. The normalized spacial score (nSPS) is 17.4. The maximum Gasteiger partial charge on any atom is 0.247 e. The van der Waals surface area contributed by atoms with Gasteiger partial charge in [-0.05, 0) is 49.3 Å². The molecule has 1 saturated heterocycles. The van der Waals surface area contributed by atoms with Crippen molar-refractivity contribution >= 4 is 27.9 Å². The Kier molecular flexibility index (Phi) is 12.9. The summed E-state index contributed by atoms with van der Waals surface area (Å²) in [4.78, 5) is 37.0. The van der Waals surface area contributed by atoms with Crippen molar-refractivity contribution in [2.75, 3.05) is 19.4 Å². The van der Waals surface area contributed by atoms with Gasteiger partial charge in [0.1, 0.15) is 0 Å². The number of hydrogen-bond donors (Lipinski definition) is 2. The van der Waals surface area contributed by atoms with Gasteiger partial charge in [0.25, 0.3) is 0 Å². The van der Waals surface area contributed by atoms with Crippen LogP contribution in [0.3, 0.4) is 0 Å². The van der Waals surface area contributed by atoms with Crippen LogP contribution in [0.15, 0.2) is 60.8 Å². The van der Waals surface area contributed by atoms with Crippen LogP contribution in [-0.2, 0) is 35.6 Å². The lowest BCUT2D eigenvalue weighted by Crippen LogP contribution is -2.51. The second-order valence-corrected chi connectivity index (χ2v) is 12.6. The second kappa shape index (κ2) is 16.4. The first-order valence-corrected chi connectivity index (χ1v) is 15.9. The number of pyridine rings is 1. The number of hydrazine groups is 1. The Morgan fingerprint density at radius 2 is 1.85 bits per heavy atom. The van der Waals surface area contributed by atoms with Crippen LogP contribution in [0, 0.1) is 17.8 Å². The molecule has 3 atom stereocenters. The molecule has 0 spiro atoms. The fourth-order valence-corrected chi connectivity index (χ4v) is 5.29. The lowest BCUT2D eigenvalue weighted by molar-refractivity contribution is -0.203. The van der Waals surface area contributed by atoms with E-state index in [9.17, 15) is 18.0 Å². The van der Waals surface area contributed by atoms with Gasteiger partial charge in [-0.1, -0.05) is 62.4 Å². The standard InChI is InChI=1S/C30H42N4O6S/c1-23(2)22-27(29(35)32-34(41(3,37)38)20-18-25-15-7-9-19-31-25)26(16-11-14-24-12-5-4-6-13-24)30(36)33-40-28-17-8-10-21-39-28/h4-7,9,11-15,19,23,26-28H,8,10,16-18,20-22H2,1-3H3,(H,32,35)(H,33,36)/b14-11+/t26-,27+,28?/m0/s1. The minimum Gasteiger partial charge on any atom is -0.350 e. The highest BCUT2D eigenvalue weighted by Crippen LogP contribution is 2.26. The van der Waals surface area contributed by atoms with E-state index in [1.165, 1.54) is 0 Å². The average Bonchev–Trinajstić information content (AvgIpc) is 2.96. The van der Waals surface area contributed by atoms with Gasteiger partial charge in [0.05, 0.1) is 18.1 Å². The number of rotatable bonds is 15. The van der Waals surface area contributed by atoms with Crippen LogP contribution < -0.4 is 10.9 Å². The van der Waals surface area contributed by atoms with E-state index in [2.05, 4.69) is 15.9 Å². The lowest BCUT2D eigenvalue weighted by atomic mass is 9.82. The van der Waals surface area contributed by atoms with Crippen molar-refractivity contribution in [2.45, 2.75) is 58.7 Å². The Balaban J connectivity index is 1.80. The average molecular weight is 587 g/mol. The van der Waals surface area contributed by atoms with Gasteiger partial charge >= 0.3 is 0 Å². The molecule has 2 N–H and O–H groups in total. The van der Waals surface area contributed by atoms with E-state index in [1.54, 1.807) is 18.3 Å². The number of sulfonamides is 1. The molecule has 1 aromatic heterocycles. The molecule has 0 aliphatic carbocycles. The monoisotopic (exact) mass is 586 g/mol. The Hall–Kier alpha value is -3.12. The lowest BCUT2D eigenvalue weighted by Gasteiger charge is -2.30. The number of hydrogen-bond acceptors (Lipinski definition) is 7. The van der Waals surface area contributed by atoms with Crippen LogP contribution in [-0.4, -0.2) is 55.3 Å². The third-order valence-corrected chi connectivity index (χ3v) is 7.82. The van der Waals surface area contributed by atoms with Gasteiger partial charge in [-0.2, -0.15) is 0 Å². The predicted octanol–water partition coefficient (Wildman–Crippen LogP) is 3.87. The van der Waals surface area contributed by atoms with Crippen molar-refractivity contribution in [1.29, 1.82) is 0 Å². The van der Waals surface area contributed by atoms with Crippen molar-refractivity contribution in [1.82, 2.24) is 20.3 Å². The molecule has 11 heteroatoms. The van der Waals surface area contributed by atoms with E-state index in [-0.39, 0.29) is 18.9 Å². The first kappa shape index (κ1) is 32.4. The largest absolute Gasteiger partial charge is 0.350 e. The third kappa shape index (κ3) is 11.3. The molecule has 1 fully saturated rings. The first-order chi connectivity index (χ1) is 19.6. The Labute approximate surface area is 243 Å². The summed E-state index contributed by atoms with van der Waals surface area (Å²) in [6.45, 7) is 4.47. The number of aromatic nitrogens is 1. The van der Waals surface area contributed by atoms with Gasteiger partial charge in [-0.15, -0.1) is 4.41 Å². The molecule has 2 aromatic rings. The molecule has 1 unspecified atom stereocenters. The Morgan fingerprint density at radius 3 is 2.49 bits per heavy atom. The topological polar surface area (TPSA) is 127 Å². The molecule has 1 aliphatic heterocycles. The molecular weight excluding hydrogens is 544 g/mol. The fourth-order valence-electron chi connectivity index (χ4n) is 4.61. The van der Waals surface area contributed by atoms with E-state index in [4.69, 9.17) is 9.57 Å². The summed E-state index contributed by atoms with van der Waals surface area (Å²) in [6.07, 6.45) is 9.31. The highest BCUT2D eigenvalue weighted by atomic mass is 32.2. The molecule has 41 heavy (non-hydrogen) atoms. The predicted molar refractivity (Wildman–Crippen MR) is 157 cm³/mol. The molecule has 0 bridgehead atoms. The zero-order valence-electron chi connectivity index (χ0n) is 24.1. The number of carbonyl (C=O) groups is 2. The number of benzene rings is 1. The summed E-state index contributed by atoms with van der Waals surface area (Å²) in [5.74, 6) is -2.60. The molecular formula is C30H42N4O6S. The van der Waals surface area contributed by atoms with Crippen molar-refractivity contribution in [2.24, 2.45) is 17.8 Å². The van der Waals surface area contributed by atoms with Gasteiger partial charge in [0, 0.05) is 37.9 Å². The van der Waals surface area contributed by atoms with Crippen LogP contribution in [0.5, 0.6) is 0 Å². The van der Waals surface area contributed by atoms with Crippen LogP contribution in [0.1, 0.15) is 57.2 Å². The SMILES string of the molecule is CC(C)C[C@@H](C(=O)NN(CCc1ccccn1)S(C)(=O)=O)[C@H](C/C=C/c1ccccc1)C(=O)NOC1CCCCO1. The highest BCUT2D eigenvalue weighted by Gasteiger charge is 2.36. The summed E-state index contributed by atoms with van der Waals surface area (Å²) in [5.41, 5.74) is 6.77. The number of carbonyl (C=O) groups excluding carboxylic acids is 2. The van der Waals surface area contributed by atoms with E-state index < -0.39 is 40.0 Å². The van der Waals surface area contributed by atoms with Crippen LogP contribution in [0.4, 0.5) is 0 Å². The zero-order chi connectivity index (χ0) is 29.7. The number of ether oxygens (including phenoxy) is 1. The number of hydroxylamine groups is 1. The zero-order valence-corrected chi connectivity index (χ0v) is 24.9. The van der Waals surface area contributed by atoms with Gasteiger partial charge in [0.15, 0.2) is 6.29 Å². The van der Waals surface area contributed by atoms with Crippen LogP contribution in [0.2, 0.25) is 0 Å². The molecule has 10 nitrogen and oxygen atoms in total.